The number of oxazole rings is 1. The zero-order valence-electron chi connectivity index (χ0n) is 17.7. The van der Waals surface area contributed by atoms with Crippen molar-refractivity contribution in [2.45, 2.75) is 46.0 Å². The average molecular weight is 393 g/mol. The number of aryl methyl sites for hydroxylation is 1. The molecule has 3 aromatic rings. The number of likely N-dealkylation sites (tertiary alicyclic amines) is 1. The van der Waals surface area contributed by atoms with E-state index in [-0.39, 0.29) is 0 Å². The fraction of sp³-hybridized carbons (Fsp3) is 0.480. The molecule has 1 fully saturated rings. The molecule has 1 saturated heterocycles. The molecule has 0 saturated carbocycles. The van der Waals surface area contributed by atoms with Crippen LogP contribution >= 0.6 is 0 Å². The second-order valence-corrected chi connectivity index (χ2v) is 8.12. The summed E-state index contributed by atoms with van der Waals surface area (Å²) in [4.78, 5) is 7.21. The molecular formula is C25H32N2O2. The monoisotopic (exact) mass is 392 g/mol. The van der Waals surface area contributed by atoms with Gasteiger partial charge in [0.25, 0.3) is 0 Å². The van der Waals surface area contributed by atoms with Crippen molar-refractivity contribution in [1.29, 1.82) is 0 Å². The van der Waals surface area contributed by atoms with E-state index in [1.54, 1.807) is 0 Å². The molecule has 1 aliphatic heterocycles. The van der Waals surface area contributed by atoms with E-state index < -0.39 is 0 Å². The fourth-order valence-electron chi connectivity index (χ4n) is 4.23. The number of aromatic nitrogens is 1. The van der Waals surface area contributed by atoms with Crippen LogP contribution in [0.4, 0.5) is 0 Å². The van der Waals surface area contributed by atoms with Crippen molar-refractivity contribution in [3.05, 3.63) is 48.0 Å². The predicted molar refractivity (Wildman–Crippen MR) is 118 cm³/mol. The third-order valence-electron chi connectivity index (χ3n) is 6.02. The number of benzene rings is 2. The quantitative estimate of drug-likeness (QED) is 0.475. The number of ether oxygens (including phenoxy) is 1. The SMILES string of the molecule is CCCC1CCN(CCOc2cccc(-c3nc4cc(CC)ccc4o3)c2)CC1. The van der Waals surface area contributed by atoms with E-state index in [1.807, 2.05) is 30.3 Å². The lowest BCUT2D eigenvalue weighted by Crippen LogP contribution is -2.36. The van der Waals surface area contributed by atoms with E-state index in [2.05, 4.69) is 35.9 Å². The summed E-state index contributed by atoms with van der Waals surface area (Å²) in [5.74, 6) is 2.45. The highest BCUT2D eigenvalue weighted by molar-refractivity contribution is 5.77. The van der Waals surface area contributed by atoms with E-state index in [0.717, 1.165) is 47.9 Å². The van der Waals surface area contributed by atoms with E-state index in [4.69, 9.17) is 9.15 Å². The zero-order chi connectivity index (χ0) is 20.1. The van der Waals surface area contributed by atoms with Gasteiger partial charge in [0.2, 0.25) is 5.89 Å². The Balaban J connectivity index is 1.34. The Bertz CT molecular complexity index is 925. The fourth-order valence-corrected chi connectivity index (χ4v) is 4.23. The Hall–Kier alpha value is -2.33. The molecule has 0 aliphatic carbocycles. The van der Waals surface area contributed by atoms with Gasteiger partial charge in [-0.1, -0.05) is 38.8 Å². The van der Waals surface area contributed by atoms with Crippen LogP contribution in [-0.2, 0) is 6.42 Å². The standard InChI is InChI=1S/C25H32N2O2/c1-3-6-20-11-13-27(14-12-20)15-16-28-22-8-5-7-21(18-22)25-26-23-17-19(4-2)9-10-24(23)29-25/h5,7-10,17-18,20H,3-4,6,11-16H2,1-2H3. The molecular weight excluding hydrogens is 360 g/mol. The van der Waals surface area contributed by atoms with E-state index in [0.29, 0.717) is 5.89 Å². The van der Waals surface area contributed by atoms with Gasteiger partial charge in [-0.2, -0.15) is 0 Å². The van der Waals surface area contributed by atoms with E-state index >= 15 is 0 Å². The Kier molecular flexibility index (Phi) is 6.50. The maximum absolute atomic E-state index is 6.04. The van der Waals surface area contributed by atoms with Crippen molar-refractivity contribution in [2.75, 3.05) is 26.2 Å². The maximum Gasteiger partial charge on any atom is 0.227 e. The van der Waals surface area contributed by atoms with Gasteiger partial charge in [0.15, 0.2) is 5.58 Å². The Morgan fingerprint density at radius 2 is 1.97 bits per heavy atom. The molecule has 4 nitrogen and oxygen atoms in total. The van der Waals surface area contributed by atoms with Gasteiger partial charge < -0.3 is 9.15 Å². The van der Waals surface area contributed by atoms with Crippen molar-refractivity contribution in [3.63, 3.8) is 0 Å². The van der Waals surface area contributed by atoms with Gasteiger partial charge in [-0.05, 0) is 74.2 Å². The van der Waals surface area contributed by atoms with Crippen LogP contribution < -0.4 is 4.74 Å². The second kappa shape index (κ2) is 9.45. The van der Waals surface area contributed by atoms with Gasteiger partial charge in [-0.25, -0.2) is 4.98 Å². The van der Waals surface area contributed by atoms with Crippen LogP contribution in [0.2, 0.25) is 0 Å². The summed E-state index contributed by atoms with van der Waals surface area (Å²) in [6, 6.07) is 14.3. The van der Waals surface area contributed by atoms with Gasteiger partial charge in [0, 0.05) is 12.1 Å². The van der Waals surface area contributed by atoms with Gasteiger partial charge in [-0.15, -0.1) is 0 Å². The largest absolute Gasteiger partial charge is 0.492 e. The topological polar surface area (TPSA) is 38.5 Å². The number of hydrogen-bond acceptors (Lipinski definition) is 4. The van der Waals surface area contributed by atoms with Crippen LogP contribution in [0.3, 0.4) is 0 Å². The lowest BCUT2D eigenvalue weighted by Gasteiger charge is -2.31. The number of rotatable bonds is 8. The third kappa shape index (κ3) is 4.99. The highest BCUT2D eigenvalue weighted by Crippen LogP contribution is 2.28. The van der Waals surface area contributed by atoms with E-state index in [9.17, 15) is 0 Å². The van der Waals surface area contributed by atoms with Crippen LogP contribution in [0.25, 0.3) is 22.6 Å². The molecule has 0 spiro atoms. The molecule has 4 heteroatoms. The average Bonchev–Trinajstić information content (AvgIpc) is 3.19. The molecule has 0 atom stereocenters. The number of fused-ring (bicyclic) bond motifs is 1. The van der Waals surface area contributed by atoms with Crippen molar-refractivity contribution in [2.24, 2.45) is 5.92 Å². The first-order chi connectivity index (χ1) is 14.2. The van der Waals surface area contributed by atoms with Crippen molar-refractivity contribution >= 4 is 11.1 Å². The number of piperidine rings is 1. The lowest BCUT2D eigenvalue weighted by atomic mass is 9.92. The molecule has 4 rings (SSSR count). The second-order valence-electron chi connectivity index (χ2n) is 8.12. The summed E-state index contributed by atoms with van der Waals surface area (Å²) in [7, 11) is 0. The zero-order valence-corrected chi connectivity index (χ0v) is 17.7. The van der Waals surface area contributed by atoms with Crippen LogP contribution in [0.1, 0.15) is 45.1 Å². The summed E-state index contributed by atoms with van der Waals surface area (Å²) in [5, 5.41) is 0. The number of nitrogens with zero attached hydrogens (tertiary/aromatic N) is 2. The molecule has 0 N–H and O–H groups in total. The van der Waals surface area contributed by atoms with Crippen LogP contribution in [0.5, 0.6) is 5.75 Å². The molecule has 2 heterocycles. The van der Waals surface area contributed by atoms with Gasteiger partial charge in [0.05, 0.1) is 0 Å². The first-order valence-electron chi connectivity index (χ1n) is 11.1. The summed E-state index contributed by atoms with van der Waals surface area (Å²) in [6.07, 6.45) is 6.36. The highest BCUT2D eigenvalue weighted by Gasteiger charge is 2.18. The highest BCUT2D eigenvalue weighted by atomic mass is 16.5. The third-order valence-corrected chi connectivity index (χ3v) is 6.02. The Labute approximate surface area is 173 Å². The number of hydrogen-bond donors (Lipinski definition) is 0. The lowest BCUT2D eigenvalue weighted by molar-refractivity contribution is 0.151. The van der Waals surface area contributed by atoms with Crippen molar-refractivity contribution in [1.82, 2.24) is 9.88 Å². The minimum Gasteiger partial charge on any atom is -0.492 e. The van der Waals surface area contributed by atoms with Gasteiger partial charge in [-0.3, -0.25) is 4.90 Å². The first kappa shape index (κ1) is 20.0. The smallest absolute Gasteiger partial charge is 0.227 e. The Morgan fingerprint density at radius 1 is 1.10 bits per heavy atom. The molecule has 0 amide bonds. The summed E-state index contributed by atoms with van der Waals surface area (Å²) >= 11 is 0. The van der Waals surface area contributed by atoms with Gasteiger partial charge >= 0.3 is 0 Å². The minimum absolute atomic E-state index is 0.650. The predicted octanol–water partition coefficient (Wildman–Crippen LogP) is 5.95. The minimum atomic E-state index is 0.650. The molecule has 1 aliphatic rings. The molecule has 1 aromatic heterocycles. The molecule has 154 valence electrons. The molecule has 0 bridgehead atoms. The van der Waals surface area contributed by atoms with Crippen molar-refractivity contribution < 1.29 is 9.15 Å². The summed E-state index contributed by atoms with van der Waals surface area (Å²) in [6.45, 7) is 8.56. The Morgan fingerprint density at radius 3 is 2.76 bits per heavy atom. The summed E-state index contributed by atoms with van der Waals surface area (Å²) in [5.41, 5.74) is 3.97. The van der Waals surface area contributed by atoms with Crippen molar-refractivity contribution in [3.8, 4) is 17.2 Å². The maximum atomic E-state index is 6.04. The van der Waals surface area contributed by atoms with Gasteiger partial charge in [0.1, 0.15) is 17.9 Å². The molecule has 2 aromatic carbocycles. The normalized spacial score (nSPS) is 15.8. The van der Waals surface area contributed by atoms with Crippen LogP contribution in [-0.4, -0.2) is 36.1 Å². The molecule has 29 heavy (non-hydrogen) atoms. The summed E-state index contributed by atoms with van der Waals surface area (Å²) < 4.78 is 12.0. The first-order valence-corrected chi connectivity index (χ1v) is 11.1. The molecule has 0 unspecified atom stereocenters. The molecule has 0 radical (unpaired) electrons. The van der Waals surface area contributed by atoms with E-state index in [1.165, 1.54) is 44.3 Å². The van der Waals surface area contributed by atoms with Crippen LogP contribution in [0, 0.1) is 5.92 Å². The van der Waals surface area contributed by atoms with Crippen LogP contribution in [0.15, 0.2) is 46.9 Å².